The molecule has 0 saturated heterocycles. The minimum absolute atomic E-state index is 0.0559. The number of pyridine rings is 1. The third-order valence-electron chi connectivity index (χ3n) is 3.05. The van der Waals surface area contributed by atoms with Gasteiger partial charge >= 0.3 is 10.1 Å². The summed E-state index contributed by atoms with van der Waals surface area (Å²) in [4.78, 5) is 12.7. The Morgan fingerprint density at radius 1 is 1.00 bits per heavy atom. The number of aliphatic hydroxyl groups excluding tert-OH is 1. The van der Waals surface area contributed by atoms with Crippen molar-refractivity contribution in [1.82, 2.24) is 4.98 Å². The third kappa shape index (κ3) is 3.50. The summed E-state index contributed by atoms with van der Waals surface area (Å²) in [5, 5.41) is 8.88. The maximum Gasteiger partial charge on any atom is 0.300 e. The molecule has 2 aromatic rings. The Labute approximate surface area is 132 Å². The molecule has 0 saturated carbocycles. The molecule has 0 aliphatic rings. The van der Waals surface area contributed by atoms with Gasteiger partial charge in [-0.3, -0.25) is 9.35 Å². The molecule has 1 aromatic carbocycles. The van der Waals surface area contributed by atoms with Crippen molar-refractivity contribution in [3.8, 4) is 11.1 Å². The van der Waals surface area contributed by atoms with Crippen molar-refractivity contribution < 1.29 is 26.5 Å². The predicted molar refractivity (Wildman–Crippen MR) is 81.5 cm³/mol. The van der Waals surface area contributed by atoms with Crippen LogP contribution in [0.4, 0.5) is 0 Å². The number of benzene rings is 1. The van der Waals surface area contributed by atoms with Gasteiger partial charge in [0.1, 0.15) is 0 Å². The van der Waals surface area contributed by atoms with Gasteiger partial charge in [0.15, 0.2) is 14.7 Å². The van der Waals surface area contributed by atoms with E-state index >= 15 is 0 Å². The Morgan fingerprint density at radius 2 is 1.65 bits per heavy atom. The number of sulfone groups is 1. The molecule has 0 bridgehead atoms. The summed E-state index contributed by atoms with van der Waals surface area (Å²) in [6.45, 7) is -0.614. The van der Waals surface area contributed by atoms with E-state index in [4.69, 9.17) is 5.11 Å². The summed E-state index contributed by atoms with van der Waals surface area (Å²) in [6, 6.07) is 6.61. The Bertz CT molecular complexity index is 991. The topological polar surface area (TPSA) is 142 Å². The normalized spacial score (nSPS) is 12.3. The molecule has 0 aliphatic carbocycles. The van der Waals surface area contributed by atoms with Crippen molar-refractivity contribution in [2.45, 2.75) is 9.79 Å². The van der Waals surface area contributed by atoms with Gasteiger partial charge < -0.3 is 10.1 Å². The highest BCUT2D eigenvalue weighted by Gasteiger charge is 2.25. The first kappa shape index (κ1) is 17.3. The molecule has 0 amide bonds. The smallest absolute Gasteiger partial charge is 0.300 e. The van der Waals surface area contributed by atoms with Gasteiger partial charge in [-0.05, 0) is 12.1 Å². The standard InChI is InChI=1S/C13H13NO7S2/c15-7-8-22(17,18)11-4-2-1-3-9(11)10-5-6-14-13(16)12(10)23(19,20)21/h1-6,15H,7-8H2,(H,14,16)(H,19,20,21). The second kappa shape index (κ2) is 6.24. The molecule has 10 heteroatoms. The van der Waals surface area contributed by atoms with E-state index < -0.39 is 42.8 Å². The Hall–Kier alpha value is -2.01. The number of hydrogen-bond acceptors (Lipinski definition) is 6. The monoisotopic (exact) mass is 359 g/mol. The van der Waals surface area contributed by atoms with Crippen LogP contribution in [-0.2, 0) is 20.0 Å². The van der Waals surface area contributed by atoms with Crippen LogP contribution in [0, 0.1) is 0 Å². The van der Waals surface area contributed by atoms with Gasteiger partial charge in [-0.25, -0.2) is 8.42 Å². The first-order chi connectivity index (χ1) is 10.7. The molecule has 0 spiro atoms. The van der Waals surface area contributed by atoms with Crippen LogP contribution >= 0.6 is 0 Å². The van der Waals surface area contributed by atoms with Crippen molar-refractivity contribution in [2.24, 2.45) is 0 Å². The molecule has 0 fully saturated rings. The fourth-order valence-corrected chi connectivity index (χ4v) is 4.13. The molecular formula is C13H13NO7S2. The van der Waals surface area contributed by atoms with Gasteiger partial charge in [0.05, 0.1) is 17.3 Å². The lowest BCUT2D eigenvalue weighted by Gasteiger charge is -2.12. The van der Waals surface area contributed by atoms with Crippen LogP contribution in [0.2, 0.25) is 0 Å². The fraction of sp³-hybridized carbons (Fsp3) is 0.154. The van der Waals surface area contributed by atoms with Crippen LogP contribution in [0.1, 0.15) is 0 Å². The van der Waals surface area contributed by atoms with E-state index in [1.807, 2.05) is 0 Å². The molecule has 0 atom stereocenters. The molecule has 2 rings (SSSR count). The van der Waals surface area contributed by atoms with E-state index in [2.05, 4.69) is 4.98 Å². The number of H-pyrrole nitrogens is 1. The first-order valence-corrected chi connectivity index (χ1v) is 9.40. The third-order valence-corrected chi connectivity index (χ3v) is 5.71. The Kier molecular flexibility index (Phi) is 4.71. The fourth-order valence-electron chi connectivity index (χ4n) is 2.12. The van der Waals surface area contributed by atoms with Crippen LogP contribution in [0.3, 0.4) is 0 Å². The van der Waals surface area contributed by atoms with Crippen molar-refractivity contribution >= 4 is 20.0 Å². The molecule has 0 aliphatic heterocycles. The van der Waals surface area contributed by atoms with E-state index in [0.717, 1.165) is 6.20 Å². The lowest BCUT2D eigenvalue weighted by atomic mass is 10.1. The molecule has 124 valence electrons. The molecule has 1 heterocycles. The number of aromatic nitrogens is 1. The number of rotatable bonds is 5. The van der Waals surface area contributed by atoms with Gasteiger partial charge in [-0.15, -0.1) is 0 Å². The van der Waals surface area contributed by atoms with E-state index in [0.29, 0.717) is 0 Å². The summed E-state index contributed by atoms with van der Waals surface area (Å²) in [5.41, 5.74) is -1.37. The van der Waals surface area contributed by atoms with Crippen LogP contribution in [0.25, 0.3) is 11.1 Å². The van der Waals surface area contributed by atoms with Crippen molar-refractivity contribution in [3.05, 3.63) is 46.9 Å². The van der Waals surface area contributed by atoms with E-state index in [1.54, 1.807) is 0 Å². The van der Waals surface area contributed by atoms with Crippen LogP contribution < -0.4 is 5.56 Å². The molecule has 1 aromatic heterocycles. The second-order valence-corrected chi connectivity index (χ2v) is 8.00. The van der Waals surface area contributed by atoms with E-state index in [1.165, 1.54) is 30.3 Å². The Morgan fingerprint density at radius 3 is 2.26 bits per heavy atom. The zero-order chi connectivity index (χ0) is 17.3. The van der Waals surface area contributed by atoms with Crippen molar-refractivity contribution in [2.75, 3.05) is 12.4 Å². The Balaban J connectivity index is 2.87. The zero-order valence-corrected chi connectivity index (χ0v) is 13.3. The average molecular weight is 359 g/mol. The molecule has 0 unspecified atom stereocenters. The van der Waals surface area contributed by atoms with Gasteiger partial charge in [0.25, 0.3) is 5.56 Å². The number of hydrogen-bond donors (Lipinski definition) is 3. The highest BCUT2D eigenvalue weighted by molar-refractivity contribution is 7.91. The molecular weight excluding hydrogens is 346 g/mol. The minimum Gasteiger partial charge on any atom is -0.395 e. The highest BCUT2D eigenvalue weighted by atomic mass is 32.2. The summed E-state index contributed by atoms with van der Waals surface area (Å²) in [7, 11) is -8.78. The van der Waals surface area contributed by atoms with Gasteiger partial charge in [0.2, 0.25) is 0 Å². The SMILES string of the molecule is O=c1[nH]ccc(-c2ccccc2S(=O)(=O)CCO)c1S(=O)(=O)O. The van der Waals surface area contributed by atoms with Crippen molar-refractivity contribution in [3.63, 3.8) is 0 Å². The lowest BCUT2D eigenvalue weighted by molar-refractivity contribution is 0.319. The van der Waals surface area contributed by atoms with Crippen LogP contribution in [0.5, 0.6) is 0 Å². The average Bonchev–Trinajstić information content (AvgIpc) is 2.45. The number of nitrogens with one attached hydrogen (secondary N) is 1. The summed E-state index contributed by atoms with van der Waals surface area (Å²) in [6.07, 6.45) is 1.14. The summed E-state index contributed by atoms with van der Waals surface area (Å²) >= 11 is 0. The quantitative estimate of drug-likeness (QED) is 0.641. The van der Waals surface area contributed by atoms with Gasteiger partial charge in [-0.1, -0.05) is 18.2 Å². The summed E-state index contributed by atoms with van der Waals surface area (Å²) < 4.78 is 56.7. The van der Waals surface area contributed by atoms with Gasteiger partial charge in [-0.2, -0.15) is 8.42 Å². The number of aliphatic hydroxyl groups is 1. The molecule has 0 radical (unpaired) electrons. The van der Waals surface area contributed by atoms with Crippen LogP contribution in [-0.4, -0.2) is 43.8 Å². The van der Waals surface area contributed by atoms with E-state index in [9.17, 15) is 26.2 Å². The molecule has 3 N–H and O–H groups in total. The largest absolute Gasteiger partial charge is 0.395 e. The minimum atomic E-state index is -4.87. The van der Waals surface area contributed by atoms with Gasteiger partial charge in [0, 0.05) is 17.3 Å². The highest BCUT2D eigenvalue weighted by Crippen LogP contribution is 2.30. The maximum atomic E-state index is 12.2. The van der Waals surface area contributed by atoms with E-state index in [-0.39, 0.29) is 16.0 Å². The second-order valence-electron chi connectivity index (χ2n) is 4.56. The van der Waals surface area contributed by atoms with Crippen LogP contribution in [0.15, 0.2) is 51.1 Å². The van der Waals surface area contributed by atoms with Crippen molar-refractivity contribution in [1.29, 1.82) is 0 Å². The molecule has 23 heavy (non-hydrogen) atoms. The maximum absolute atomic E-state index is 12.2. The number of aromatic amines is 1. The predicted octanol–water partition coefficient (Wildman–Crippen LogP) is 0.0546. The lowest BCUT2D eigenvalue weighted by Crippen LogP contribution is -2.19. The first-order valence-electron chi connectivity index (χ1n) is 6.30. The zero-order valence-electron chi connectivity index (χ0n) is 11.6. The summed E-state index contributed by atoms with van der Waals surface area (Å²) in [5.74, 6) is -0.561. The molecule has 8 nitrogen and oxygen atoms in total.